The van der Waals surface area contributed by atoms with Crippen LogP contribution < -0.4 is 0 Å². The number of carbonyl (C=O) groups excluding carboxylic acids is 1. The molecule has 0 unspecified atom stereocenters. The van der Waals surface area contributed by atoms with Gasteiger partial charge in [0.25, 0.3) is 0 Å². The van der Waals surface area contributed by atoms with Crippen molar-refractivity contribution in [3.63, 3.8) is 0 Å². The van der Waals surface area contributed by atoms with Crippen LogP contribution in [0.5, 0.6) is 0 Å². The molecule has 6 heteroatoms. The Morgan fingerprint density at radius 1 is 1.00 bits per heavy atom. The normalized spacial score (nSPS) is 11.2. The Morgan fingerprint density at radius 3 is 2.65 bits per heavy atom. The van der Waals surface area contributed by atoms with E-state index in [2.05, 4.69) is 4.98 Å². The molecule has 0 spiro atoms. The van der Waals surface area contributed by atoms with Crippen molar-refractivity contribution >= 4 is 34.1 Å². The fraction of sp³-hybridized carbons (Fsp3) is 0.0800. The third-order valence-corrected chi connectivity index (χ3v) is 5.33. The summed E-state index contributed by atoms with van der Waals surface area (Å²) in [5, 5.41) is 1.39. The summed E-state index contributed by atoms with van der Waals surface area (Å²) in [5.74, 6) is -0.415. The van der Waals surface area contributed by atoms with Gasteiger partial charge < -0.3 is 9.14 Å². The van der Waals surface area contributed by atoms with Gasteiger partial charge in [0.15, 0.2) is 0 Å². The Kier molecular flexibility index (Phi) is 4.88. The maximum absolute atomic E-state index is 13.0. The van der Waals surface area contributed by atoms with Gasteiger partial charge in [-0.3, -0.25) is 0 Å². The van der Waals surface area contributed by atoms with Crippen molar-refractivity contribution in [3.05, 3.63) is 101 Å². The Labute approximate surface area is 183 Å². The van der Waals surface area contributed by atoms with Crippen LogP contribution in [0.3, 0.4) is 0 Å². The molecular weight excluding hydrogens is 410 g/mol. The number of fused-ring (bicyclic) bond motifs is 2. The Morgan fingerprint density at radius 2 is 1.81 bits per heavy atom. The second-order valence-electron chi connectivity index (χ2n) is 7.36. The Hall–Kier alpha value is -3.70. The van der Waals surface area contributed by atoms with Crippen molar-refractivity contribution in [2.24, 2.45) is 0 Å². The molecule has 3 heterocycles. The second-order valence-corrected chi connectivity index (χ2v) is 7.80. The van der Waals surface area contributed by atoms with Gasteiger partial charge in [-0.05, 0) is 42.8 Å². The fourth-order valence-corrected chi connectivity index (χ4v) is 3.68. The van der Waals surface area contributed by atoms with Crippen LogP contribution in [0, 0.1) is 6.92 Å². The summed E-state index contributed by atoms with van der Waals surface area (Å²) in [7, 11) is 0. The number of imidazole rings is 1. The minimum atomic E-state index is -0.415. The molecule has 2 aromatic carbocycles. The van der Waals surface area contributed by atoms with Crippen LogP contribution in [0.15, 0.2) is 79.1 Å². The van der Waals surface area contributed by atoms with E-state index in [0.717, 1.165) is 27.7 Å². The molecular formula is C25H18ClN3O2. The molecule has 0 aliphatic rings. The lowest BCUT2D eigenvalue weighted by Crippen LogP contribution is -2.07. The highest BCUT2D eigenvalue weighted by atomic mass is 35.5. The van der Waals surface area contributed by atoms with Gasteiger partial charge in [0.2, 0.25) is 0 Å². The number of nitrogens with zero attached hydrogens (tertiary/aromatic N) is 3. The first-order valence-corrected chi connectivity index (χ1v) is 10.2. The quantitative estimate of drug-likeness (QED) is 0.337. The number of hydrogen-bond acceptors (Lipinski definition) is 4. The van der Waals surface area contributed by atoms with Crippen LogP contribution in [0.4, 0.5) is 0 Å². The largest absolute Gasteiger partial charge is 0.455 e. The number of aryl methyl sites for hydroxylation is 1. The van der Waals surface area contributed by atoms with Crippen molar-refractivity contribution in [3.8, 4) is 11.3 Å². The van der Waals surface area contributed by atoms with Crippen LogP contribution in [0.1, 0.15) is 21.6 Å². The van der Waals surface area contributed by atoms with E-state index in [-0.39, 0.29) is 6.61 Å². The summed E-state index contributed by atoms with van der Waals surface area (Å²) in [6.45, 7) is 2.11. The Balaban J connectivity index is 1.47. The van der Waals surface area contributed by atoms with E-state index < -0.39 is 5.97 Å². The van der Waals surface area contributed by atoms with E-state index in [0.29, 0.717) is 22.0 Å². The molecule has 0 amide bonds. The molecule has 0 aliphatic heterocycles. The highest BCUT2D eigenvalue weighted by molar-refractivity contribution is 6.30. The molecule has 3 aromatic heterocycles. The van der Waals surface area contributed by atoms with E-state index in [1.807, 2.05) is 72.2 Å². The third kappa shape index (κ3) is 3.88. The number of para-hydroxylation sites is 1. The first-order valence-electron chi connectivity index (χ1n) is 9.84. The maximum atomic E-state index is 13.0. The molecule has 0 saturated carbocycles. The minimum Gasteiger partial charge on any atom is -0.455 e. The number of halogens is 1. The molecule has 5 rings (SSSR count). The van der Waals surface area contributed by atoms with Crippen molar-refractivity contribution in [1.82, 2.24) is 14.4 Å². The number of hydrogen-bond donors (Lipinski definition) is 0. The lowest BCUT2D eigenvalue weighted by Gasteiger charge is -2.10. The molecule has 0 N–H and O–H groups in total. The fourth-order valence-electron chi connectivity index (χ4n) is 3.56. The van der Waals surface area contributed by atoms with Crippen LogP contribution >= 0.6 is 11.6 Å². The highest BCUT2D eigenvalue weighted by Crippen LogP contribution is 2.26. The number of benzene rings is 2. The van der Waals surface area contributed by atoms with Gasteiger partial charge >= 0.3 is 5.97 Å². The minimum absolute atomic E-state index is 0.0898. The highest BCUT2D eigenvalue weighted by Gasteiger charge is 2.16. The van der Waals surface area contributed by atoms with Crippen molar-refractivity contribution in [2.45, 2.75) is 13.5 Å². The second kappa shape index (κ2) is 7.85. The molecule has 152 valence electrons. The zero-order valence-electron chi connectivity index (χ0n) is 16.7. The summed E-state index contributed by atoms with van der Waals surface area (Å²) in [4.78, 5) is 22.3. The maximum Gasteiger partial charge on any atom is 0.339 e. The Bertz CT molecular complexity index is 1420. The summed E-state index contributed by atoms with van der Waals surface area (Å²) in [6.07, 6.45) is 3.86. The molecule has 0 radical (unpaired) electrons. The molecule has 0 aliphatic carbocycles. The summed E-state index contributed by atoms with van der Waals surface area (Å²) in [6, 6.07) is 20.6. The molecule has 0 saturated heterocycles. The lowest BCUT2D eigenvalue weighted by atomic mass is 10.0. The molecule has 5 aromatic rings. The third-order valence-electron chi connectivity index (χ3n) is 5.08. The monoisotopic (exact) mass is 427 g/mol. The van der Waals surface area contributed by atoms with E-state index >= 15 is 0 Å². The zero-order valence-corrected chi connectivity index (χ0v) is 17.5. The van der Waals surface area contributed by atoms with Crippen LogP contribution in [0.2, 0.25) is 5.02 Å². The van der Waals surface area contributed by atoms with Crippen molar-refractivity contribution in [2.75, 3.05) is 0 Å². The number of ether oxygens (including phenoxy) is 1. The van der Waals surface area contributed by atoms with Crippen LogP contribution in [-0.2, 0) is 11.3 Å². The predicted molar refractivity (Wildman–Crippen MR) is 121 cm³/mol. The smallest absolute Gasteiger partial charge is 0.339 e. The van der Waals surface area contributed by atoms with E-state index in [1.54, 1.807) is 18.2 Å². The summed E-state index contributed by atoms with van der Waals surface area (Å²) in [5.41, 5.74) is 5.39. The molecule has 0 fully saturated rings. The molecule has 0 atom stereocenters. The van der Waals surface area contributed by atoms with Gasteiger partial charge in [-0.2, -0.15) is 0 Å². The number of pyridine rings is 2. The van der Waals surface area contributed by atoms with Gasteiger partial charge in [-0.15, -0.1) is 0 Å². The summed E-state index contributed by atoms with van der Waals surface area (Å²) >= 11 is 6.01. The SMILES string of the molecule is Cc1ccc2nc(COC(=O)c3cc(-c4ccc(Cl)cc4)nc4ccccc34)cn2c1. The lowest BCUT2D eigenvalue weighted by molar-refractivity contribution is 0.0470. The van der Waals surface area contributed by atoms with E-state index in [9.17, 15) is 4.79 Å². The van der Waals surface area contributed by atoms with E-state index in [4.69, 9.17) is 21.3 Å². The van der Waals surface area contributed by atoms with Gasteiger partial charge in [0, 0.05) is 28.4 Å². The topological polar surface area (TPSA) is 56.5 Å². The predicted octanol–water partition coefficient (Wildman–Crippen LogP) is 5.87. The molecule has 0 bridgehead atoms. The van der Waals surface area contributed by atoms with Gasteiger partial charge in [0.1, 0.15) is 12.3 Å². The number of aromatic nitrogens is 3. The standard InChI is InChI=1S/C25H18ClN3O2/c1-16-6-11-24-27-19(14-29(24)13-16)15-31-25(30)21-12-23(17-7-9-18(26)10-8-17)28-22-5-3-2-4-20(21)22/h2-14H,15H2,1H3. The average molecular weight is 428 g/mol. The first kappa shape index (κ1) is 19.3. The number of carbonyl (C=O) groups is 1. The first-order chi connectivity index (χ1) is 15.1. The van der Waals surface area contributed by atoms with Gasteiger partial charge in [-0.25, -0.2) is 14.8 Å². The zero-order chi connectivity index (χ0) is 21.4. The average Bonchev–Trinajstić information content (AvgIpc) is 3.19. The number of rotatable bonds is 4. The molecule has 31 heavy (non-hydrogen) atoms. The summed E-state index contributed by atoms with van der Waals surface area (Å²) < 4.78 is 7.56. The number of esters is 1. The van der Waals surface area contributed by atoms with Crippen molar-refractivity contribution < 1.29 is 9.53 Å². The van der Waals surface area contributed by atoms with Gasteiger partial charge in [0.05, 0.1) is 22.5 Å². The van der Waals surface area contributed by atoms with Crippen LogP contribution in [0.25, 0.3) is 27.8 Å². The van der Waals surface area contributed by atoms with Crippen LogP contribution in [-0.4, -0.2) is 20.3 Å². The van der Waals surface area contributed by atoms with Crippen molar-refractivity contribution in [1.29, 1.82) is 0 Å². The van der Waals surface area contributed by atoms with Gasteiger partial charge in [-0.1, -0.05) is 48.0 Å². The van der Waals surface area contributed by atoms with E-state index in [1.165, 1.54) is 0 Å². The molecule has 5 nitrogen and oxygen atoms in total.